The lowest BCUT2D eigenvalue weighted by molar-refractivity contribution is 0.594. The summed E-state index contributed by atoms with van der Waals surface area (Å²) in [5.74, 6) is 0.707. The van der Waals surface area contributed by atoms with Crippen LogP contribution in [0.5, 0.6) is 0 Å². The summed E-state index contributed by atoms with van der Waals surface area (Å²) in [7, 11) is -1.91. The Morgan fingerprint density at radius 3 is 2.50 bits per heavy atom. The van der Waals surface area contributed by atoms with Gasteiger partial charge in [-0.1, -0.05) is 6.92 Å². The van der Waals surface area contributed by atoms with Gasteiger partial charge in [-0.25, -0.2) is 18.5 Å². The monoisotopic (exact) mass is 189 g/mol. The Hall–Kier alpha value is -0.880. The Labute approximate surface area is 71.3 Å². The fourth-order valence-corrected chi connectivity index (χ4v) is 1.48. The standard InChI is InChI=1S/C6H11N3O2S/c1-3-5-8-6(4-9(5)2)12(7,10)11/h4H,3H2,1-2H3,(H2,7,10,11). The van der Waals surface area contributed by atoms with Crippen LogP contribution in [0.25, 0.3) is 0 Å². The number of nitrogens with two attached hydrogens (primary N) is 1. The van der Waals surface area contributed by atoms with Crippen molar-refractivity contribution in [1.82, 2.24) is 9.55 Å². The molecule has 0 fully saturated rings. The number of aromatic nitrogens is 2. The summed E-state index contributed by atoms with van der Waals surface area (Å²) >= 11 is 0. The molecule has 1 aromatic rings. The van der Waals surface area contributed by atoms with E-state index in [9.17, 15) is 8.42 Å². The molecular weight excluding hydrogens is 178 g/mol. The van der Waals surface area contributed by atoms with Gasteiger partial charge < -0.3 is 4.57 Å². The van der Waals surface area contributed by atoms with Gasteiger partial charge in [0.1, 0.15) is 5.82 Å². The minimum absolute atomic E-state index is 0.0677. The number of aryl methyl sites for hydroxylation is 2. The molecule has 0 aromatic carbocycles. The van der Waals surface area contributed by atoms with Crippen LogP contribution in [-0.4, -0.2) is 18.0 Å². The molecule has 5 nitrogen and oxygen atoms in total. The maximum atomic E-state index is 10.8. The Balaban J connectivity index is 3.23. The van der Waals surface area contributed by atoms with Gasteiger partial charge in [-0.3, -0.25) is 0 Å². The van der Waals surface area contributed by atoms with Gasteiger partial charge in [0.25, 0.3) is 10.0 Å². The molecule has 2 N–H and O–H groups in total. The Morgan fingerprint density at radius 2 is 2.25 bits per heavy atom. The third-order valence-electron chi connectivity index (χ3n) is 1.56. The number of hydrogen-bond acceptors (Lipinski definition) is 3. The van der Waals surface area contributed by atoms with E-state index in [2.05, 4.69) is 4.98 Å². The van der Waals surface area contributed by atoms with Crippen LogP contribution in [-0.2, 0) is 23.5 Å². The average molecular weight is 189 g/mol. The molecule has 0 radical (unpaired) electrons. The van der Waals surface area contributed by atoms with Gasteiger partial charge >= 0.3 is 0 Å². The fraction of sp³-hybridized carbons (Fsp3) is 0.500. The van der Waals surface area contributed by atoms with Crippen molar-refractivity contribution in [2.75, 3.05) is 0 Å². The minimum Gasteiger partial charge on any atom is -0.337 e. The minimum atomic E-state index is -3.65. The molecule has 6 heteroatoms. The molecule has 0 saturated heterocycles. The van der Waals surface area contributed by atoms with Crippen LogP contribution in [0.2, 0.25) is 0 Å². The lowest BCUT2D eigenvalue weighted by Crippen LogP contribution is -2.12. The fourth-order valence-electron chi connectivity index (χ4n) is 0.941. The number of hydrogen-bond donors (Lipinski definition) is 1. The molecule has 0 saturated carbocycles. The van der Waals surface area contributed by atoms with E-state index in [1.807, 2.05) is 6.92 Å². The highest BCUT2D eigenvalue weighted by atomic mass is 32.2. The van der Waals surface area contributed by atoms with Crippen LogP contribution in [0.4, 0.5) is 0 Å². The molecule has 0 amide bonds. The van der Waals surface area contributed by atoms with Crippen molar-refractivity contribution < 1.29 is 8.42 Å². The first-order chi connectivity index (χ1) is 5.45. The summed E-state index contributed by atoms with van der Waals surface area (Å²) in [6.07, 6.45) is 2.10. The van der Waals surface area contributed by atoms with E-state index in [4.69, 9.17) is 5.14 Å². The largest absolute Gasteiger partial charge is 0.337 e. The molecule has 68 valence electrons. The van der Waals surface area contributed by atoms with Crippen molar-refractivity contribution in [3.05, 3.63) is 12.0 Å². The van der Waals surface area contributed by atoms with Gasteiger partial charge in [-0.15, -0.1) is 0 Å². The van der Waals surface area contributed by atoms with E-state index in [1.54, 1.807) is 11.6 Å². The first-order valence-corrected chi connectivity index (χ1v) is 5.05. The summed E-state index contributed by atoms with van der Waals surface area (Å²) in [5.41, 5.74) is 0. The molecule has 1 heterocycles. The zero-order chi connectivity index (χ0) is 9.35. The number of nitrogens with zero attached hydrogens (tertiary/aromatic N) is 2. The van der Waals surface area contributed by atoms with Crippen molar-refractivity contribution in [3.63, 3.8) is 0 Å². The van der Waals surface area contributed by atoms with Gasteiger partial charge in [0.15, 0.2) is 5.03 Å². The summed E-state index contributed by atoms with van der Waals surface area (Å²) in [5, 5.41) is 4.82. The predicted octanol–water partition coefficient (Wildman–Crippen LogP) is -0.370. The first-order valence-electron chi connectivity index (χ1n) is 3.50. The normalized spacial score (nSPS) is 11.9. The van der Waals surface area contributed by atoms with E-state index in [1.165, 1.54) is 6.20 Å². The van der Waals surface area contributed by atoms with Gasteiger partial charge in [0.05, 0.1) is 0 Å². The van der Waals surface area contributed by atoms with E-state index in [0.29, 0.717) is 12.2 Å². The molecule has 0 aliphatic carbocycles. The van der Waals surface area contributed by atoms with Crippen LogP contribution in [0.3, 0.4) is 0 Å². The lowest BCUT2D eigenvalue weighted by atomic mass is 10.5. The summed E-state index contributed by atoms with van der Waals surface area (Å²) < 4.78 is 23.3. The maximum absolute atomic E-state index is 10.8. The van der Waals surface area contributed by atoms with Crippen LogP contribution >= 0.6 is 0 Å². The van der Waals surface area contributed by atoms with Gasteiger partial charge in [0.2, 0.25) is 0 Å². The highest BCUT2D eigenvalue weighted by Gasteiger charge is 2.13. The SMILES string of the molecule is CCc1nc(S(N)(=O)=O)cn1C. The molecule has 0 aliphatic rings. The molecule has 0 aliphatic heterocycles. The summed E-state index contributed by atoms with van der Waals surface area (Å²) in [6.45, 7) is 1.90. The quantitative estimate of drug-likeness (QED) is 0.689. The maximum Gasteiger partial charge on any atom is 0.257 e. The Bertz CT molecular complexity index is 379. The molecule has 0 atom stereocenters. The van der Waals surface area contributed by atoms with Crippen LogP contribution in [0.15, 0.2) is 11.2 Å². The summed E-state index contributed by atoms with van der Waals surface area (Å²) in [4.78, 5) is 3.85. The zero-order valence-electron chi connectivity index (χ0n) is 6.98. The van der Waals surface area contributed by atoms with E-state index >= 15 is 0 Å². The third-order valence-corrected chi connectivity index (χ3v) is 2.34. The molecular formula is C6H11N3O2S. The van der Waals surface area contributed by atoms with E-state index < -0.39 is 10.0 Å². The molecule has 0 bridgehead atoms. The van der Waals surface area contributed by atoms with Crippen LogP contribution in [0, 0.1) is 0 Å². The van der Waals surface area contributed by atoms with E-state index in [0.717, 1.165) is 0 Å². The second-order valence-electron chi connectivity index (χ2n) is 2.50. The molecule has 0 spiro atoms. The second-order valence-corrected chi connectivity index (χ2v) is 4.01. The van der Waals surface area contributed by atoms with Crippen molar-refractivity contribution in [3.8, 4) is 0 Å². The first kappa shape index (κ1) is 9.21. The second kappa shape index (κ2) is 2.87. The zero-order valence-corrected chi connectivity index (χ0v) is 7.80. The number of rotatable bonds is 2. The molecule has 12 heavy (non-hydrogen) atoms. The molecule has 1 rings (SSSR count). The summed E-state index contributed by atoms with van der Waals surface area (Å²) in [6, 6.07) is 0. The van der Waals surface area contributed by atoms with Crippen molar-refractivity contribution >= 4 is 10.0 Å². The molecule has 1 aromatic heterocycles. The van der Waals surface area contributed by atoms with Crippen molar-refractivity contribution in [2.24, 2.45) is 12.2 Å². The van der Waals surface area contributed by atoms with Gasteiger partial charge in [-0.05, 0) is 0 Å². The van der Waals surface area contributed by atoms with Crippen LogP contribution in [0.1, 0.15) is 12.7 Å². The topological polar surface area (TPSA) is 78.0 Å². The lowest BCUT2D eigenvalue weighted by Gasteiger charge is -1.92. The number of imidazole rings is 1. The predicted molar refractivity (Wildman–Crippen MR) is 44.0 cm³/mol. The highest BCUT2D eigenvalue weighted by molar-refractivity contribution is 7.89. The highest BCUT2D eigenvalue weighted by Crippen LogP contribution is 2.05. The van der Waals surface area contributed by atoms with Crippen LogP contribution < -0.4 is 5.14 Å². The third kappa shape index (κ3) is 1.64. The average Bonchev–Trinajstić information content (AvgIpc) is 2.29. The smallest absolute Gasteiger partial charge is 0.257 e. The number of primary sulfonamides is 1. The Kier molecular flexibility index (Phi) is 2.20. The van der Waals surface area contributed by atoms with Crippen molar-refractivity contribution in [2.45, 2.75) is 18.4 Å². The van der Waals surface area contributed by atoms with Crippen molar-refractivity contribution in [1.29, 1.82) is 0 Å². The van der Waals surface area contributed by atoms with Gasteiger partial charge in [0, 0.05) is 19.7 Å². The van der Waals surface area contributed by atoms with Gasteiger partial charge in [-0.2, -0.15) is 0 Å². The Morgan fingerprint density at radius 1 is 1.67 bits per heavy atom. The number of sulfonamides is 1. The molecule has 0 unspecified atom stereocenters. The van der Waals surface area contributed by atoms with E-state index in [-0.39, 0.29) is 5.03 Å².